The van der Waals surface area contributed by atoms with Crippen molar-refractivity contribution in [2.45, 2.75) is 9.64 Å². The molecule has 0 saturated carbocycles. The molecule has 0 amide bonds. The van der Waals surface area contributed by atoms with Gasteiger partial charge < -0.3 is 9.63 Å². The third-order valence-electron chi connectivity index (χ3n) is 1.06. The molecule has 0 aliphatic carbocycles. The second-order valence-electron chi connectivity index (χ2n) is 2.01. The molecule has 0 bridgehead atoms. The fourth-order valence-corrected chi connectivity index (χ4v) is 2.43. The third kappa shape index (κ3) is 3.49. The summed E-state index contributed by atoms with van der Waals surface area (Å²) in [5, 5.41) is 7.57. The predicted molar refractivity (Wildman–Crippen MR) is 46.8 cm³/mol. The first-order valence-electron chi connectivity index (χ1n) is 2.59. The molecule has 0 radical (unpaired) electrons. The van der Waals surface area contributed by atoms with Gasteiger partial charge in [0.15, 0.2) is 5.12 Å². The summed E-state index contributed by atoms with van der Waals surface area (Å²) in [5.41, 5.74) is 0. The molecule has 2 atom stereocenters. The summed E-state index contributed by atoms with van der Waals surface area (Å²) in [6, 6.07) is 0. The zero-order valence-electron chi connectivity index (χ0n) is 5.92. The van der Waals surface area contributed by atoms with Gasteiger partial charge in [0.05, 0.1) is 0 Å². The summed E-state index contributed by atoms with van der Waals surface area (Å²) in [7, 11) is -1.93. The van der Waals surface area contributed by atoms with Gasteiger partial charge in [-0.15, -0.1) is 11.6 Å². The maximum absolute atomic E-state index is 11.2. The van der Waals surface area contributed by atoms with E-state index in [2.05, 4.69) is 4.52 Å². The van der Waals surface area contributed by atoms with E-state index < -0.39 is 17.0 Å². The van der Waals surface area contributed by atoms with Crippen LogP contribution in [-0.2, 0) is 9.09 Å². The zero-order chi connectivity index (χ0) is 9.28. The van der Waals surface area contributed by atoms with Gasteiger partial charge in [-0.1, -0.05) is 23.2 Å². The van der Waals surface area contributed by atoms with Crippen LogP contribution in [0.25, 0.3) is 0 Å². The van der Waals surface area contributed by atoms with E-state index >= 15 is 0 Å². The SMILES string of the molecule is COP(C)(=O)C(Cl)C(O)(Cl)Cl. The zero-order valence-corrected chi connectivity index (χ0v) is 9.08. The van der Waals surface area contributed by atoms with Crippen LogP contribution >= 0.6 is 42.2 Å². The van der Waals surface area contributed by atoms with Crippen molar-refractivity contribution in [1.82, 2.24) is 0 Å². The molecule has 0 aliphatic heterocycles. The minimum atomic E-state index is -3.13. The van der Waals surface area contributed by atoms with Gasteiger partial charge in [-0.25, -0.2) is 0 Å². The normalized spacial score (nSPS) is 20.9. The Morgan fingerprint density at radius 2 is 2.00 bits per heavy atom. The monoisotopic (exact) mass is 240 g/mol. The first kappa shape index (κ1) is 12.0. The smallest absolute Gasteiger partial charge is 0.240 e. The fourth-order valence-electron chi connectivity index (χ4n) is 0.375. The summed E-state index contributed by atoms with van der Waals surface area (Å²) < 4.78 is 13.5. The molecule has 0 aromatic heterocycles. The van der Waals surface area contributed by atoms with Gasteiger partial charge in [0.1, 0.15) is 0 Å². The van der Waals surface area contributed by atoms with Gasteiger partial charge in [0.2, 0.25) is 11.9 Å². The third-order valence-corrected chi connectivity index (χ3v) is 5.33. The van der Waals surface area contributed by atoms with Crippen molar-refractivity contribution in [3.63, 3.8) is 0 Å². The summed E-state index contributed by atoms with van der Waals surface area (Å²) in [4.78, 5) is 0. The molecule has 0 rings (SSSR count). The Kier molecular flexibility index (Phi) is 4.17. The van der Waals surface area contributed by atoms with Gasteiger partial charge in [-0.2, -0.15) is 0 Å². The van der Waals surface area contributed by atoms with Gasteiger partial charge in [-0.3, -0.25) is 4.57 Å². The molecule has 68 valence electrons. The number of alkyl halides is 3. The molecule has 0 aromatic rings. The highest BCUT2D eigenvalue weighted by atomic mass is 35.5. The maximum atomic E-state index is 11.2. The van der Waals surface area contributed by atoms with E-state index in [0.29, 0.717) is 0 Å². The molecule has 11 heavy (non-hydrogen) atoms. The maximum Gasteiger partial charge on any atom is 0.240 e. The van der Waals surface area contributed by atoms with E-state index in [1.165, 1.54) is 13.8 Å². The van der Waals surface area contributed by atoms with Crippen LogP contribution in [0, 0.1) is 0 Å². The average molecular weight is 241 g/mol. The van der Waals surface area contributed by atoms with Crippen molar-refractivity contribution >= 4 is 42.2 Å². The molecule has 0 saturated heterocycles. The van der Waals surface area contributed by atoms with Crippen LogP contribution in [-0.4, -0.2) is 28.5 Å². The second kappa shape index (κ2) is 3.82. The summed E-state index contributed by atoms with van der Waals surface area (Å²) in [6.45, 7) is 1.24. The van der Waals surface area contributed by atoms with E-state index in [1.54, 1.807) is 0 Å². The van der Waals surface area contributed by atoms with E-state index in [0.717, 1.165) is 0 Å². The van der Waals surface area contributed by atoms with Crippen molar-refractivity contribution in [2.75, 3.05) is 13.8 Å². The Labute approximate surface area is 80.0 Å². The van der Waals surface area contributed by atoms with Crippen LogP contribution in [0.4, 0.5) is 0 Å². The van der Waals surface area contributed by atoms with Gasteiger partial charge in [0.25, 0.3) is 0 Å². The van der Waals surface area contributed by atoms with Crippen LogP contribution in [0.2, 0.25) is 0 Å². The number of aliphatic hydroxyl groups is 1. The number of halogens is 3. The van der Waals surface area contributed by atoms with Crippen LogP contribution < -0.4 is 0 Å². The van der Waals surface area contributed by atoms with Crippen molar-refractivity contribution in [2.24, 2.45) is 0 Å². The molecule has 2 unspecified atom stereocenters. The molecule has 0 heterocycles. The molecule has 0 aliphatic rings. The highest BCUT2D eigenvalue weighted by Gasteiger charge is 2.42. The molecule has 3 nitrogen and oxygen atoms in total. The Morgan fingerprint density at radius 1 is 1.64 bits per heavy atom. The molecule has 1 N–H and O–H groups in total. The molecule has 7 heteroatoms. The summed E-state index contributed by atoms with van der Waals surface area (Å²) in [5.74, 6) is 0. The molecule has 0 spiro atoms. The number of hydrogen-bond acceptors (Lipinski definition) is 3. The Bertz CT molecular complexity index is 178. The first-order valence-corrected chi connectivity index (χ1v) is 5.92. The highest BCUT2D eigenvalue weighted by Crippen LogP contribution is 2.55. The molecule has 0 aromatic carbocycles. The van der Waals surface area contributed by atoms with Crippen LogP contribution in [0.5, 0.6) is 0 Å². The topological polar surface area (TPSA) is 46.5 Å². The van der Waals surface area contributed by atoms with E-state index in [-0.39, 0.29) is 0 Å². The standard InChI is InChI=1S/C4H8Cl3O3P/c1-10-11(2,9)3(5)4(6,7)8/h3,8H,1-2H3. The van der Waals surface area contributed by atoms with Crippen LogP contribution in [0.3, 0.4) is 0 Å². The second-order valence-corrected chi connectivity index (χ2v) is 6.80. The van der Waals surface area contributed by atoms with Crippen molar-refractivity contribution in [3.05, 3.63) is 0 Å². The largest absolute Gasteiger partial charge is 0.361 e. The predicted octanol–water partition coefficient (Wildman–Crippen LogP) is 2.23. The van der Waals surface area contributed by atoms with Gasteiger partial charge >= 0.3 is 0 Å². The molecule has 0 fully saturated rings. The average Bonchev–Trinajstić information content (AvgIpc) is 1.84. The van der Waals surface area contributed by atoms with Crippen molar-refractivity contribution in [3.8, 4) is 0 Å². The lowest BCUT2D eigenvalue weighted by molar-refractivity contribution is 0.222. The Morgan fingerprint density at radius 3 is 2.09 bits per heavy atom. The highest BCUT2D eigenvalue weighted by molar-refractivity contribution is 7.61. The minimum Gasteiger partial charge on any atom is -0.361 e. The van der Waals surface area contributed by atoms with Crippen molar-refractivity contribution in [1.29, 1.82) is 0 Å². The van der Waals surface area contributed by atoms with E-state index in [1.807, 2.05) is 0 Å². The minimum absolute atomic E-state index is 1.20. The van der Waals surface area contributed by atoms with Crippen LogP contribution in [0.15, 0.2) is 0 Å². The molecular formula is C4H8Cl3O3P. The lowest BCUT2D eigenvalue weighted by atomic mass is 10.8. The lowest BCUT2D eigenvalue weighted by Gasteiger charge is -2.23. The lowest BCUT2D eigenvalue weighted by Crippen LogP contribution is -2.25. The van der Waals surface area contributed by atoms with Crippen LogP contribution in [0.1, 0.15) is 0 Å². The van der Waals surface area contributed by atoms with E-state index in [9.17, 15) is 4.57 Å². The number of rotatable bonds is 3. The quantitative estimate of drug-likeness (QED) is 0.609. The summed E-state index contributed by atoms with van der Waals surface area (Å²) >= 11 is 15.8. The van der Waals surface area contributed by atoms with Gasteiger partial charge in [0, 0.05) is 13.8 Å². The summed E-state index contributed by atoms with van der Waals surface area (Å²) in [6.07, 6.45) is 0. The van der Waals surface area contributed by atoms with Crippen molar-refractivity contribution < 1.29 is 14.2 Å². The number of hydrogen-bond donors (Lipinski definition) is 1. The Balaban J connectivity index is 4.49. The molecular weight excluding hydrogens is 233 g/mol. The first-order chi connectivity index (χ1) is 4.72. The Hall–Kier alpha value is 1.02. The van der Waals surface area contributed by atoms with Gasteiger partial charge in [-0.05, 0) is 0 Å². The fraction of sp³-hybridized carbons (Fsp3) is 1.00. The van der Waals surface area contributed by atoms with E-state index in [4.69, 9.17) is 39.9 Å².